The van der Waals surface area contributed by atoms with Gasteiger partial charge >= 0.3 is 0 Å². The highest BCUT2D eigenvalue weighted by atomic mass is 16.3. The van der Waals surface area contributed by atoms with Crippen molar-refractivity contribution < 1.29 is 9.90 Å². The molecule has 1 aromatic heterocycles. The lowest BCUT2D eigenvalue weighted by Gasteiger charge is -2.23. The maximum atomic E-state index is 11.5. The summed E-state index contributed by atoms with van der Waals surface area (Å²) in [6, 6.07) is 0. The van der Waals surface area contributed by atoms with Gasteiger partial charge in [-0.2, -0.15) is 5.10 Å². The molecule has 6 heteroatoms. The Labute approximate surface area is 106 Å². The largest absolute Gasteiger partial charge is 0.391 e. The summed E-state index contributed by atoms with van der Waals surface area (Å²) in [5, 5.41) is 13.8. The van der Waals surface area contributed by atoms with Crippen LogP contribution in [0.5, 0.6) is 0 Å². The Hall–Kier alpha value is -1.56. The Morgan fingerprint density at radius 3 is 2.78 bits per heavy atom. The van der Waals surface area contributed by atoms with Gasteiger partial charge in [-0.3, -0.25) is 9.48 Å². The van der Waals surface area contributed by atoms with E-state index in [9.17, 15) is 9.90 Å². The third-order valence-corrected chi connectivity index (χ3v) is 3.84. The Balaban J connectivity index is 2.32. The third kappa shape index (κ3) is 1.86. The van der Waals surface area contributed by atoms with Crippen molar-refractivity contribution in [1.82, 2.24) is 9.78 Å². The average Bonchev–Trinajstić information content (AvgIpc) is 2.80. The molecule has 1 fully saturated rings. The summed E-state index contributed by atoms with van der Waals surface area (Å²) in [5.41, 5.74) is 6.60. The van der Waals surface area contributed by atoms with Crippen molar-refractivity contribution in [3.8, 4) is 0 Å². The molecule has 0 saturated carbocycles. The third-order valence-electron chi connectivity index (χ3n) is 3.84. The molecule has 2 rings (SSSR count). The predicted octanol–water partition coefficient (Wildman–Crippen LogP) is -0.0775. The number of aryl methyl sites for hydroxylation is 2. The van der Waals surface area contributed by atoms with Crippen LogP contribution in [0, 0.1) is 12.3 Å². The number of aliphatic hydroxyl groups is 1. The van der Waals surface area contributed by atoms with Gasteiger partial charge in [-0.05, 0) is 20.3 Å². The number of carbonyl (C=O) groups excluding carboxylic acids is 1. The molecule has 1 atom stereocenters. The molecule has 6 nitrogen and oxygen atoms in total. The lowest BCUT2D eigenvalue weighted by molar-refractivity contribution is -0.125. The molecule has 18 heavy (non-hydrogen) atoms. The minimum atomic E-state index is -0.495. The van der Waals surface area contributed by atoms with Crippen LogP contribution in [0.3, 0.4) is 0 Å². The summed E-state index contributed by atoms with van der Waals surface area (Å²) >= 11 is 0. The molecule has 3 N–H and O–H groups in total. The van der Waals surface area contributed by atoms with Gasteiger partial charge in [0.1, 0.15) is 5.82 Å². The van der Waals surface area contributed by atoms with Crippen molar-refractivity contribution in [3.05, 3.63) is 11.3 Å². The van der Waals surface area contributed by atoms with Crippen molar-refractivity contribution in [2.45, 2.75) is 26.9 Å². The Kier molecular flexibility index (Phi) is 3.06. The number of rotatable bonds is 3. The summed E-state index contributed by atoms with van der Waals surface area (Å²) in [5.74, 6) is 0.620. The van der Waals surface area contributed by atoms with Crippen molar-refractivity contribution in [2.75, 3.05) is 18.0 Å². The second-order valence-electron chi connectivity index (χ2n) is 5.27. The second-order valence-corrected chi connectivity index (χ2v) is 5.27. The Morgan fingerprint density at radius 2 is 2.28 bits per heavy atom. The number of carbonyl (C=O) groups is 1. The van der Waals surface area contributed by atoms with Gasteiger partial charge in [-0.1, -0.05) is 0 Å². The molecule has 0 aliphatic carbocycles. The van der Waals surface area contributed by atoms with Crippen LogP contribution in [0.15, 0.2) is 0 Å². The van der Waals surface area contributed by atoms with E-state index in [1.807, 2.05) is 20.9 Å². The maximum absolute atomic E-state index is 11.5. The highest BCUT2D eigenvalue weighted by molar-refractivity contribution is 5.82. The van der Waals surface area contributed by atoms with E-state index in [0.717, 1.165) is 30.0 Å². The van der Waals surface area contributed by atoms with E-state index in [1.54, 1.807) is 4.68 Å². The minimum Gasteiger partial charge on any atom is -0.391 e. The molecule has 1 aliphatic heterocycles. The van der Waals surface area contributed by atoms with E-state index < -0.39 is 5.41 Å². The Bertz CT molecular complexity index is 483. The van der Waals surface area contributed by atoms with Crippen molar-refractivity contribution in [2.24, 2.45) is 18.2 Å². The maximum Gasteiger partial charge on any atom is 0.225 e. The number of nitrogens with zero attached hydrogens (tertiary/aromatic N) is 3. The topological polar surface area (TPSA) is 84.4 Å². The number of nitrogens with two attached hydrogens (primary N) is 1. The number of amides is 1. The SMILES string of the molecule is Cc1nn(C)c(N2CCC(C)(C(N)=O)C2)c1CO. The van der Waals surface area contributed by atoms with Crippen LogP contribution in [0.1, 0.15) is 24.6 Å². The van der Waals surface area contributed by atoms with Gasteiger partial charge in [0.2, 0.25) is 5.91 Å². The first-order chi connectivity index (χ1) is 8.39. The van der Waals surface area contributed by atoms with Crippen LogP contribution < -0.4 is 10.6 Å². The fraction of sp³-hybridized carbons (Fsp3) is 0.667. The number of primary amides is 1. The number of aliphatic hydroxyl groups excluding tert-OH is 1. The molecule has 1 aromatic rings. The van der Waals surface area contributed by atoms with Crippen molar-refractivity contribution in [3.63, 3.8) is 0 Å². The lowest BCUT2D eigenvalue weighted by atomic mass is 9.89. The summed E-state index contributed by atoms with van der Waals surface area (Å²) < 4.78 is 1.76. The zero-order valence-corrected chi connectivity index (χ0v) is 11.1. The molecule has 0 spiro atoms. The Morgan fingerprint density at radius 1 is 1.61 bits per heavy atom. The number of hydrogen-bond donors (Lipinski definition) is 2. The lowest BCUT2D eigenvalue weighted by Crippen LogP contribution is -2.37. The molecule has 1 unspecified atom stereocenters. The molecule has 0 bridgehead atoms. The first-order valence-electron chi connectivity index (χ1n) is 6.07. The molecule has 1 amide bonds. The first kappa shape index (κ1) is 12.9. The quantitative estimate of drug-likeness (QED) is 0.788. The smallest absolute Gasteiger partial charge is 0.225 e. The molecule has 0 radical (unpaired) electrons. The molecule has 2 heterocycles. The van der Waals surface area contributed by atoms with Crippen LogP contribution in [0.25, 0.3) is 0 Å². The number of hydrogen-bond acceptors (Lipinski definition) is 4. The standard InChI is InChI=1S/C12H20N4O2/c1-8-9(6-17)10(15(3)14-8)16-5-4-12(2,7-16)11(13)18/h17H,4-7H2,1-3H3,(H2,13,18). The van der Waals surface area contributed by atoms with E-state index in [0.29, 0.717) is 6.54 Å². The number of anilines is 1. The van der Waals surface area contributed by atoms with Gasteiger partial charge in [0.25, 0.3) is 0 Å². The van der Waals surface area contributed by atoms with Gasteiger partial charge in [-0.15, -0.1) is 0 Å². The van der Waals surface area contributed by atoms with Crippen molar-refractivity contribution >= 4 is 11.7 Å². The van der Waals surface area contributed by atoms with Crippen LogP contribution in [0.2, 0.25) is 0 Å². The van der Waals surface area contributed by atoms with Crippen LogP contribution in [0.4, 0.5) is 5.82 Å². The zero-order valence-electron chi connectivity index (χ0n) is 11.1. The summed E-state index contributed by atoms with van der Waals surface area (Å²) in [6.07, 6.45) is 0.734. The van der Waals surface area contributed by atoms with Crippen LogP contribution >= 0.6 is 0 Å². The monoisotopic (exact) mass is 252 g/mol. The molecular formula is C12H20N4O2. The first-order valence-corrected chi connectivity index (χ1v) is 6.07. The summed E-state index contributed by atoms with van der Waals surface area (Å²) in [4.78, 5) is 13.5. The highest BCUT2D eigenvalue weighted by Gasteiger charge is 2.40. The summed E-state index contributed by atoms with van der Waals surface area (Å²) in [6.45, 7) is 5.05. The van der Waals surface area contributed by atoms with Crippen LogP contribution in [-0.4, -0.2) is 33.9 Å². The van der Waals surface area contributed by atoms with Crippen molar-refractivity contribution in [1.29, 1.82) is 0 Å². The van der Waals surface area contributed by atoms with E-state index in [2.05, 4.69) is 10.00 Å². The predicted molar refractivity (Wildman–Crippen MR) is 68.0 cm³/mol. The van der Waals surface area contributed by atoms with E-state index >= 15 is 0 Å². The molecule has 1 aliphatic rings. The van der Waals surface area contributed by atoms with Gasteiger partial charge < -0.3 is 15.7 Å². The van der Waals surface area contributed by atoms with Gasteiger partial charge in [0.05, 0.1) is 17.7 Å². The zero-order chi connectivity index (χ0) is 13.5. The average molecular weight is 252 g/mol. The summed E-state index contributed by atoms with van der Waals surface area (Å²) in [7, 11) is 1.85. The normalized spacial score (nSPS) is 23.7. The molecular weight excluding hydrogens is 232 g/mol. The highest BCUT2D eigenvalue weighted by Crippen LogP contribution is 2.35. The molecule has 100 valence electrons. The molecule has 1 saturated heterocycles. The van der Waals surface area contributed by atoms with Gasteiger partial charge in [0.15, 0.2) is 0 Å². The minimum absolute atomic E-state index is 0.0429. The molecule has 0 aromatic carbocycles. The van der Waals surface area contributed by atoms with Gasteiger partial charge in [0, 0.05) is 25.7 Å². The van der Waals surface area contributed by atoms with E-state index in [1.165, 1.54) is 0 Å². The van der Waals surface area contributed by atoms with Crippen LogP contribution in [-0.2, 0) is 18.4 Å². The fourth-order valence-electron chi connectivity index (χ4n) is 2.61. The van der Waals surface area contributed by atoms with Gasteiger partial charge in [-0.25, -0.2) is 0 Å². The second kappa shape index (κ2) is 4.28. The fourth-order valence-corrected chi connectivity index (χ4v) is 2.61. The van der Waals surface area contributed by atoms with E-state index in [-0.39, 0.29) is 12.5 Å². The van der Waals surface area contributed by atoms with E-state index in [4.69, 9.17) is 5.73 Å². The number of aromatic nitrogens is 2.